The van der Waals surface area contributed by atoms with Crippen LogP contribution in [-0.4, -0.2) is 29.9 Å². The minimum Gasteiger partial charge on any atom is -0.497 e. The molecule has 6 nitrogen and oxygen atoms in total. The Balaban J connectivity index is 1.61. The molecule has 1 unspecified atom stereocenters. The standard InChI is InChI=1S/C28H29N3O3/c1-20(21-10-6-4-7-11-21)29-27(32)17-14-22-19-31(23-12-8-5-9-13-23)30-28(22)25-18-24(33-2)15-16-26(25)34-3/h4-13,15-16,18-20H,14,17H2,1-3H3,(H,29,32). The summed E-state index contributed by atoms with van der Waals surface area (Å²) in [6, 6.07) is 25.4. The van der Waals surface area contributed by atoms with Crippen LogP contribution in [-0.2, 0) is 11.2 Å². The molecule has 1 amide bonds. The van der Waals surface area contributed by atoms with E-state index in [2.05, 4.69) is 5.32 Å². The van der Waals surface area contributed by atoms with Crippen LogP contribution in [0.25, 0.3) is 16.9 Å². The topological polar surface area (TPSA) is 65.4 Å². The number of amides is 1. The first-order valence-corrected chi connectivity index (χ1v) is 11.3. The maximum Gasteiger partial charge on any atom is 0.220 e. The van der Waals surface area contributed by atoms with Gasteiger partial charge in [-0.25, -0.2) is 4.68 Å². The summed E-state index contributed by atoms with van der Waals surface area (Å²) in [5.41, 5.74) is 4.57. The van der Waals surface area contributed by atoms with Crippen LogP contribution in [0.4, 0.5) is 0 Å². The van der Waals surface area contributed by atoms with Crippen LogP contribution >= 0.6 is 0 Å². The summed E-state index contributed by atoms with van der Waals surface area (Å²) in [7, 11) is 3.27. The Morgan fingerprint density at radius 3 is 2.35 bits per heavy atom. The van der Waals surface area contributed by atoms with Crippen molar-refractivity contribution in [2.75, 3.05) is 14.2 Å². The van der Waals surface area contributed by atoms with E-state index in [9.17, 15) is 4.79 Å². The van der Waals surface area contributed by atoms with Gasteiger partial charge in [-0.2, -0.15) is 5.10 Å². The van der Waals surface area contributed by atoms with Crippen molar-refractivity contribution in [3.63, 3.8) is 0 Å². The van der Waals surface area contributed by atoms with Crippen molar-refractivity contribution in [1.29, 1.82) is 0 Å². The van der Waals surface area contributed by atoms with Gasteiger partial charge < -0.3 is 14.8 Å². The van der Waals surface area contributed by atoms with Gasteiger partial charge in [0.2, 0.25) is 5.91 Å². The highest BCUT2D eigenvalue weighted by atomic mass is 16.5. The lowest BCUT2D eigenvalue weighted by atomic mass is 10.0. The number of benzene rings is 3. The fraction of sp³-hybridized carbons (Fsp3) is 0.214. The molecule has 0 aliphatic carbocycles. The third-order valence-corrected chi connectivity index (χ3v) is 5.77. The Morgan fingerprint density at radius 2 is 1.68 bits per heavy atom. The number of ether oxygens (including phenoxy) is 2. The summed E-state index contributed by atoms with van der Waals surface area (Å²) in [5, 5.41) is 7.96. The number of carbonyl (C=O) groups excluding carboxylic acids is 1. The molecule has 174 valence electrons. The first-order chi connectivity index (χ1) is 16.6. The van der Waals surface area contributed by atoms with Gasteiger partial charge in [0.25, 0.3) is 0 Å². The summed E-state index contributed by atoms with van der Waals surface area (Å²) in [6.45, 7) is 1.99. The van der Waals surface area contributed by atoms with Gasteiger partial charge in [0.1, 0.15) is 11.5 Å². The Bertz CT molecular complexity index is 1240. The molecule has 6 heteroatoms. The predicted octanol–water partition coefficient (Wildman–Crippen LogP) is 5.37. The van der Waals surface area contributed by atoms with E-state index in [0.29, 0.717) is 24.3 Å². The fourth-order valence-electron chi connectivity index (χ4n) is 3.92. The number of methoxy groups -OCH3 is 2. The highest BCUT2D eigenvalue weighted by molar-refractivity contribution is 5.78. The number of rotatable bonds is 9. The average Bonchev–Trinajstić information content (AvgIpc) is 3.32. The van der Waals surface area contributed by atoms with E-state index in [4.69, 9.17) is 14.6 Å². The number of hydrogen-bond acceptors (Lipinski definition) is 4. The minimum absolute atomic E-state index is 0.00706. The molecule has 4 rings (SSSR count). The monoisotopic (exact) mass is 455 g/mol. The molecule has 0 saturated heterocycles. The van der Waals surface area contributed by atoms with Crippen molar-refractivity contribution in [2.45, 2.75) is 25.8 Å². The van der Waals surface area contributed by atoms with Crippen LogP contribution in [0.15, 0.2) is 85.1 Å². The Labute approximate surface area is 200 Å². The van der Waals surface area contributed by atoms with Gasteiger partial charge in [-0.15, -0.1) is 0 Å². The number of aromatic nitrogens is 2. The van der Waals surface area contributed by atoms with Crippen LogP contribution < -0.4 is 14.8 Å². The molecule has 0 fully saturated rings. The third kappa shape index (κ3) is 5.29. The first kappa shape index (κ1) is 23.1. The molecule has 34 heavy (non-hydrogen) atoms. The maximum atomic E-state index is 12.8. The van der Waals surface area contributed by atoms with Crippen LogP contribution in [0.2, 0.25) is 0 Å². The van der Waals surface area contributed by atoms with Crippen molar-refractivity contribution < 1.29 is 14.3 Å². The van der Waals surface area contributed by atoms with Gasteiger partial charge in [-0.1, -0.05) is 48.5 Å². The minimum atomic E-state index is -0.0568. The predicted molar refractivity (Wildman–Crippen MR) is 133 cm³/mol. The quantitative estimate of drug-likeness (QED) is 0.369. The Morgan fingerprint density at radius 1 is 0.971 bits per heavy atom. The van der Waals surface area contributed by atoms with E-state index < -0.39 is 0 Å². The molecule has 0 spiro atoms. The number of aryl methyl sites for hydroxylation is 1. The number of hydrogen-bond donors (Lipinski definition) is 1. The first-order valence-electron chi connectivity index (χ1n) is 11.3. The van der Waals surface area contributed by atoms with Crippen molar-refractivity contribution in [1.82, 2.24) is 15.1 Å². The lowest BCUT2D eigenvalue weighted by Crippen LogP contribution is -2.26. The van der Waals surface area contributed by atoms with Crippen molar-refractivity contribution in [2.24, 2.45) is 0 Å². The van der Waals surface area contributed by atoms with Crippen LogP contribution in [0.1, 0.15) is 30.5 Å². The van der Waals surface area contributed by atoms with Crippen LogP contribution in [0.3, 0.4) is 0 Å². The van der Waals surface area contributed by atoms with E-state index in [-0.39, 0.29) is 11.9 Å². The molecule has 0 radical (unpaired) electrons. The molecular weight excluding hydrogens is 426 g/mol. The van der Waals surface area contributed by atoms with Gasteiger partial charge in [-0.05, 0) is 54.8 Å². The number of nitrogens with zero attached hydrogens (tertiary/aromatic N) is 2. The number of carbonyl (C=O) groups is 1. The molecule has 4 aromatic rings. The van der Waals surface area contributed by atoms with E-state index >= 15 is 0 Å². The van der Waals surface area contributed by atoms with Crippen LogP contribution in [0.5, 0.6) is 11.5 Å². The SMILES string of the molecule is COc1ccc(OC)c(-c2nn(-c3ccccc3)cc2CCC(=O)NC(C)c2ccccc2)c1. The second-order valence-corrected chi connectivity index (χ2v) is 8.05. The van der Waals surface area contributed by atoms with E-state index in [1.54, 1.807) is 14.2 Å². The van der Waals surface area contributed by atoms with Crippen molar-refractivity contribution >= 4 is 5.91 Å². The maximum absolute atomic E-state index is 12.8. The lowest BCUT2D eigenvalue weighted by Gasteiger charge is -2.14. The van der Waals surface area contributed by atoms with E-state index in [0.717, 1.165) is 28.1 Å². The third-order valence-electron chi connectivity index (χ3n) is 5.77. The van der Waals surface area contributed by atoms with Crippen molar-refractivity contribution in [3.05, 3.63) is 96.2 Å². The number of para-hydroxylation sites is 1. The van der Waals surface area contributed by atoms with Gasteiger partial charge in [0.05, 0.1) is 31.6 Å². The molecule has 0 aliphatic rings. The summed E-state index contributed by atoms with van der Waals surface area (Å²) in [4.78, 5) is 12.8. The smallest absolute Gasteiger partial charge is 0.220 e. The summed E-state index contributed by atoms with van der Waals surface area (Å²) < 4.78 is 12.9. The second kappa shape index (κ2) is 10.7. The molecule has 1 N–H and O–H groups in total. The summed E-state index contributed by atoms with van der Waals surface area (Å²) in [6.07, 6.45) is 2.87. The van der Waals surface area contributed by atoms with Gasteiger partial charge in [0.15, 0.2) is 0 Å². The number of nitrogens with one attached hydrogen (secondary N) is 1. The van der Waals surface area contributed by atoms with Crippen molar-refractivity contribution in [3.8, 4) is 28.4 Å². The molecule has 1 aromatic heterocycles. The molecule has 0 aliphatic heterocycles. The zero-order chi connectivity index (χ0) is 23.9. The molecule has 1 heterocycles. The molecule has 0 bridgehead atoms. The van der Waals surface area contributed by atoms with E-state index in [1.165, 1.54) is 0 Å². The normalized spacial score (nSPS) is 11.6. The van der Waals surface area contributed by atoms with Gasteiger partial charge >= 0.3 is 0 Å². The molecule has 3 aromatic carbocycles. The fourth-order valence-corrected chi connectivity index (χ4v) is 3.92. The highest BCUT2D eigenvalue weighted by Gasteiger charge is 2.18. The molecular formula is C28H29N3O3. The molecule has 1 atom stereocenters. The van der Waals surface area contributed by atoms with E-state index in [1.807, 2.05) is 96.7 Å². The zero-order valence-electron chi connectivity index (χ0n) is 19.7. The largest absolute Gasteiger partial charge is 0.497 e. The highest BCUT2D eigenvalue weighted by Crippen LogP contribution is 2.35. The summed E-state index contributed by atoms with van der Waals surface area (Å²) >= 11 is 0. The Kier molecular flexibility index (Phi) is 7.28. The van der Waals surface area contributed by atoms with Gasteiger partial charge in [-0.3, -0.25) is 4.79 Å². The molecule has 0 saturated carbocycles. The average molecular weight is 456 g/mol. The van der Waals surface area contributed by atoms with Gasteiger partial charge in [0, 0.05) is 18.2 Å². The second-order valence-electron chi connectivity index (χ2n) is 8.05. The summed E-state index contributed by atoms with van der Waals surface area (Å²) in [5.74, 6) is 1.40. The lowest BCUT2D eigenvalue weighted by molar-refractivity contribution is -0.121. The van der Waals surface area contributed by atoms with Crippen LogP contribution in [0, 0.1) is 0 Å². The Hall–Kier alpha value is -4.06. The zero-order valence-corrected chi connectivity index (χ0v) is 19.7.